The van der Waals surface area contributed by atoms with Crippen LogP contribution in [0, 0.1) is 5.41 Å². The number of phenols is 1. The van der Waals surface area contributed by atoms with Crippen molar-refractivity contribution in [2.45, 2.75) is 70.4 Å². The Labute approximate surface area is 162 Å². The Balaban J connectivity index is 1.66. The van der Waals surface area contributed by atoms with Gasteiger partial charge in [0.2, 0.25) is 0 Å². The van der Waals surface area contributed by atoms with Gasteiger partial charge in [-0.2, -0.15) is 0 Å². The van der Waals surface area contributed by atoms with Crippen LogP contribution in [0.25, 0.3) is 0 Å². The van der Waals surface area contributed by atoms with Crippen LogP contribution in [0.1, 0.15) is 58.1 Å². The zero-order valence-corrected chi connectivity index (χ0v) is 17.0. The molecule has 2 bridgehead atoms. The number of aliphatic hydroxyl groups is 1. The number of carbonyl (C=O) groups excluding carboxylic acids is 1. The molecule has 27 heavy (non-hydrogen) atoms. The maximum atomic E-state index is 13.4. The lowest BCUT2D eigenvalue weighted by molar-refractivity contribution is -0.0355. The Bertz CT molecular complexity index is 763. The lowest BCUT2D eigenvalue weighted by Crippen LogP contribution is -2.66. The number of nitrogens with zero attached hydrogens (tertiary/aromatic N) is 2. The predicted octanol–water partition coefficient (Wildman–Crippen LogP) is 3.27. The topological polar surface area (TPSA) is 64.0 Å². The molecule has 2 N–H and O–H groups in total. The maximum Gasteiger partial charge on any atom is 0.320 e. The third-order valence-corrected chi connectivity index (χ3v) is 7.98. The summed E-state index contributed by atoms with van der Waals surface area (Å²) in [6.07, 6.45) is 2.84. The van der Waals surface area contributed by atoms with E-state index in [-0.39, 0.29) is 22.9 Å². The fourth-order valence-corrected chi connectivity index (χ4v) is 5.52. The smallest absolute Gasteiger partial charge is 0.320 e. The van der Waals surface area contributed by atoms with Crippen molar-refractivity contribution in [3.05, 3.63) is 29.3 Å². The molecule has 2 atom stereocenters. The molecule has 4 rings (SSSR count). The monoisotopic (exact) mass is 372 g/mol. The van der Waals surface area contributed by atoms with E-state index in [9.17, 15) is 15.0 Å². The second kappa shape index (κ2) is 5.87. The van der Waals surface area contributed by atoms with Gasteiger partial charge < -0.3 is 20.0 Å². The van der Waals surface area contributed by atoms with E-state index in [0.717, 1.165) is 18.5 Å². The van der Waals surface area contributed by atoms with Crippen molar-refractivity contribution >= 4 is 6.03 Å². The van der Waals surface area contributed by atoms with Crippen LogP contribution < -0.4 is 0 Å². The number of benzene rings is 1. The van der Waals surface area contributed by atoms with Crippen LogP contribution in [-0.2, 0) is 11.8 Å². The zero-order chi connectivity index (χ0) is 19.6. The number of rotatable bonds is 0. The minimum atomic E-state index is -0.661. The third-order valence-electron chi connectivity index (χ3n) is 7.98. The van der Waals surface area contributed by atoms with E-state index in [1.165, 1.54) is 5.56 Å². The highest BCUT2D eigenvalue weighted by Crippen LogP contribution is 2.57. The van der Waals surface area contributed by atoms with Gasteiger partial charge in [0, 0.05) is 31.1 Å². The molecule has 2 heterocycles. The molecule has 2 aliphatic heterocycles. The van der Waals surface area contributed by atoms with Crippen LogP contribution in [-0.4, -0.2) is 57.3 Å². The first kappa shape index (κ1) is 18.6. The quantitative estimate of drug-likeness (QED) is 0.735. The zero-order valence-electron chi connectivity index (χ0n) is 17.0. The van der Waals surface area contributed by atoms with Crippen molar-refractivity contribution in [3.8, 4) is 5.75 Å². The molecular formula is C22H32N2O3. The molecule has 0 saturated carbocycles. The molecule has 2 amide bonds. The number of urea groups is 1. The van der Waals surface area contributed by atoms with Crippen molar-refractivity contribution < 1.29 is 15.0 Å². The summed E-state index contributed by atoms with van der Waals surface area (Å²) >= 11 is 0. The minimum absolute atomic E-state index is 0.0620. The van der Waals surface area contributed by atoms with E-state index in [1.54, 1.807) is 6.07 Å². The van der Waals surface area contributed by atoms with Crippen LogP contribution in [0.5, 0.6) is 5.75 Å². The van der Waals surface area contributed by atoms with Gasteiger partial charge in [0.15, 0.2) is 0 Å². The summed E-state index contributed by atoms with van der Waals surface area (Å²) in [6.45, 7) is 10.6. The molecule has 1 aromatic carbocycles. The number of piperidine rings is 2. The van der Waals surface area contributed by atoms with Gasteiger partial charge in [-0.05, 0) is 55.2 Å². The third kappa shape index (κ3) is 2.65. The van der Waals surface area contributed by atoms with Crippen molar-refractivity contribution in [2.24, 2.45) is 5.41 Å². The summed E-state index contributed by atoms with van der Waals surface area (Å²) in [5.74, 6) is 0.350. The first-order valence-corrected chi connectivity index (χ1v) is 10.2. The normalized spacial score (nSPS) is 31.4. The molecule has 5 nitrogen and oxygen atoms in total. The largest absolute Gasteiger partial charge is 0.508 e. The molecule has 0 spiro atoms. The summed E-state index contributed by atoms with van der Waals surface area (Å²) in [7, 11) is 0. The number of amides is 2. The summed E-state index contributed by atoms with van der Waals surface area (Å²) in [5, 5.41) is 20.7. The predicted molar refractivity (Wildman–Crippen MR) is 105 cm³/mol. The number of hydrogen-bond acceptors (Lipinski definition) is 3. The standard InChI is InChI=1S/C22H32N2O3/c1-20(2)18-14-15-16(6-5-7-17(15)25)22(20,4)10-13-24(18)19(26)23-11-8-21(3,27)9-12-23/h5-7,18,25,27H,8-14H2,1-4H3/t18-,22?/m1/s1. The van der Waals surface area contributed by atoms with E-state index >= 15 is 0 Å². The van der Waals surface area contributed by atoms with E-state index in [4.69, 9.17) is 0 Å². The number of likely N-dealkylation sites (tertiary alicyclic amines) is 2. The molecule has 1 aliphatic carbocycles. The van der Waals surface area contributed by atoms with Gasteiger partial charge >= 0.3 is 6.03 Å². The highest BCUT2D eigenvalue weighted by Gasteiger charge is 2.57. The molecule has 0 aromatic heterocycles. The Hall–Kier alpha value is -1.75. The molecular weight excluding hydrogens is 340 g/mol. The second-order valence-corrected chi connectivity index (χ2v) is 9.79. The fraction of sp³-hybridized carbons (Fsp3) is 0.682. The van der Waals surface area contributed by atoms with E-state index in [0.29, 0.717) is 38.1 Å². The van der Waals surface area contributed by atoms with E-state index in [2.05, 4.69) is 26.8 Å². The molecule has 0 radical (unpaired) electrons. The first-order valence-electron chi connectivity index (χ1n) is 10.2. The number of fused-ring (bicyclic) bond motifs is 4. The van der Waals surface area contributed by atoms with Crippen molar-refractivity contribution in [1.82, 2.24) is 9.80 Å². The molecule has 1 unspecified atom stereocenters. The average molecular weight is 373 g/mol. The lowest BCUT2D eigenvalue weighted by Gasteiger charge is -2.61. The van der Waals surface area contributed by atoms with Gasteiger partial charge in [-0.1, -0.05) is 32.9 Å². The van der Waals surface area contributed by atoms with E-state index in [1.807, 2.05) is 22.8 Å². The second-order valence-electron chi connectivity index (χ2n) is 9.79. The van der Waals surface area contributed by atoms with Crippen molar-refractivity contribution in [1.29, 1.82) is 0 Å². The van der Waals surface area contributed by atoms with Gasteiger partial charge in [0.1, 0.15) is 5.75 Å². The highest BCUT2D eigenvalue weighted by molar-refractivity contribution is 5.76. The van der Waals surface area contributed by atoms with Gasteiger partial charge in [-0.25, -0.2) is 4.79 Å². The van der Waals surface area contributed by atoms with Crippen LogP contribution in [0.3, 0.4) is 0 Å². The van der Waals surface area contributed by atoms with Gasteiger partial charge in [-0.15, -0.1) is 0 Å². The first-order chi connectivity index (χ1) is 12.6. The number of aromatic hydroxyl groups is 1. The van der Waals surface area contributed by atoms with Gasteiger partial charge in [-0.3, -0.25) is 0 Å². The molecule has 2 saturated heterocycles. The summed E-state index contributed by atoms with van der Waals surface area (Å²) in [5.41, 5.74) is 1.44. The highest BCUT2D eigenvalue weighted by atomic mass is 16.3. The van der Waals surface area contributed by atoms with Crippen LogP contribution >= 0.6 is 0 Å². The van der Waals surface area contributed by atoms with Crippen molar-refractivity contribution in [3.63, 3.8) is 0 Å². The SMILES string of the molecule is CC1(O)CCN(C(=O)N2CCC3(C)c4cccc(O)c4C[C@@H]2C3(C)C)CC1. The Morgan fingerprint density at radius 1 is 1.07 bits per heavy atom. The van der Waals surface area contributed by atoms with Gasteiger partial charge in [0.25, 0.3) is 0 Å². The Kier molecular flexibility index (Phi) is 4.05. The number of carbonyl (C=O) groups is 1. The van der Waals surface area contributed by atoms with Crippen LogP contribution in [0.2, 0.25) is 0 Å². The van der Waals surface area contributed by atoms with Gasteiger partial charge in [0.05, 0.1) is 5.60 Å². The summed E-state index contributed by atoms with van der Waals surface area (Å²) in [4.78, 5) is 17.3. The Morgan fingerprint density at radius 2 is 1.74 bits per heavy atom. The number of phenolic OH excluding ortho intramolecular Hbond substituents is 1. The number of hydrogen-bond donors (Lipinski definition) is 2. The molecule has 5 heteroatoms. The summed E-state index contributed by atoms with van der Waals surface area (Å²) in [6, 6.07) is 6.00. The van der Waals surface area contributed by atoms with Crippen LogP contribution in [0.15, 0.2) is 18.2 Å². The maximum absolute atomic E-state index is 13.4. The average Bonchev–Trinajstić information content (AvgIpc) is 2.58. The minimum Gasteiger partial charge on any atom is -0.508 e. The molecule has 2 fully saturated rings. The molecule has 3 aliphatic rings. The Morgan fingerprint density at radius 3 is 2.41 bits per heavy atom. The van der Waals surface area contributed by atoms with Crippen molar-refractivity contribution in [2.75, 3.05) is 19.6 Å². The lowest BCUT2D eigenvalue weighted by atomic mass is 9.51. The molecule has 1 aromatic rings. The molecule has 148 valence electrons. The fourth-order valence-electron chi connectivity index (χ4n) is 5.52. The van der Waals surface area contributed by atoms with E-state index < -0.39 is 5.60 Å². The summed E-state index contributed by atoms with van der Waals surface area (Å²) < 4.78 is 0. The van der Waals surface area contributed by atoms with Crippen LogP contribution in [0.4, 0.5) is 4.79 Å².